The number of fused-ring (bicyclic) bond motifs is 6. The molecule has 11 aromatic rings. The summed E-state index contributed by atoms with van der Waals surface area (Å²) in [6, 6.07) is 86.2. The summed E-state index contributed by atoms with van der Waals surface area (Å²) < 4.78 is 0. The quantitative estimate of drug-likeness (QED) is 0.147. The minimum atomic E-state index is 1.10. The van der Waals surface area contributed by atoms with Crippen LogP contribution in [-0.2, 0) is 0 Å². The number of rotatable bonds is 7. The largest absolute Gasteiger partial charge is 0.310 e. The maximum Gasteiger partial charge on any atom is 0.0467 e. The van der Waals surface area contributed by atoms with Crippen molar-refractivity contribution >= 4 is 60.2 Å². The average Bonchev–Trinajstić information content (AvgIpc) is 3.32. The van der Waals surface area contributed by atoms with Gasteiger partial charge in [-0.2, -0.15) is 0 Å². The van der Waals surface area contributed by atoms with Crippen molar-refractivity contribution in [3.8, 4) is 44.5 Å². The van der Waals surface area contributed by atoms with Gasteiger partial charge in [-0.25, -0.2) is 0 Å². The van der Waals surface area contributed by atoms with E-state index in [4.69, 9.17) is 0 Å². The Balaban J connectivity index is 0.996. The SMILES string of the molecule is c1ccc(-c2ccc(N(c3cccc(-c4ccc(-c5cc6ccc7ccccc7c6c6ccccc56)cc4)c3)c3cccc(-c4cccc5ccccc45)c3)cc2)cc1. The first-order chi connectivity index (χ1) is 29.2. The molecule has 0 saturated carbocycles. The zero-order chi connectivity index (χ0) is 39.1. The Morgan fingerprint density at radius 2 is 0.712 bits per heavy atom. The maximum atomic E-state index is 2.38. The summed E-state index contributed by atoms with van der Waals surface area (Å²) in [7, 11) is 0. The molecule has 0 radical (unpaired) electrons. The van der Waals surface area contributed by atoms with Crippen LogP contribution in [0.25, 0.3) is 87.6 Å². The summed E-state index contributed by atoms with van der Waals surface area (Å²) in [6.45, 7) is 0. The second-order valence-electron chi connectivity index (χ2n) is 15.3. The molecule has 1 heteroatoms. The molecule has 59 heavy (non-hydrogen) atoms. The second-order valence-corrected chi connectivity index (χ2v) is 15.3. The van der Waals surface area contributed by atoms with Crippen LogP contribution in [0, 0.1) is 0 Å². The van der Waals surface area contributed by atoms with Gasteiger partial charge in [-0.15, -0.1) is 0 Å². The summed E-state index contributed by atoms with van der Waals surface area (Å²) in [4.78, 5) is 2.38. The third-order valence-corrected chi connectivity index (χ3v) is 11.8. The van der Waals surface area contributed by atoms with Crippen molar-refractivity contribution in [2.45, 2.75) is 0 Å². The molecular formula is C58H39N. The third-order valence-electron chi connectivity index (χ3n) is 11.8. The van der Waals surface area contributed by atoms with Gasteiger partial charge in [0.05, 0.1) is 0 Å². The van der Waals surface area contributed by atoms with E-state index in [1.54, 1.807) is 0 Å². The van der Waals surface area contributed by atoms with E-state index in [0.717, 1.165) is 17.1 Å². The number of nitrogens with zero attached hydrogens (tertiary/aromatic N) is 1. The van der Waals surface area contributed by atoms with Crippen LogP contribution in [0.1, 0.15) is 0 Å². The highest BCUT2D eigenvalue weighted by Crippen LogP contribution is 2.42. The van der Waals surface area contributed by atoms with Crippen LogP contribution >= 0.6 is 0 Å². The highest BCUT2D eigenvalue weighted by molar-refractivity contribution is 6.23. The Morgan fingerprint density at radius 3 is 1.47 bits per heavy atom. The van der Waals surface area contributed by atoms with Crippen LogP contribution in [-0.4, -0.2) is 0 Å². The van der Waals surface area contributed by atoms with E-state index in [0.29, 0.717) is 0 Å². The number of hydrogen-bond donors (Lipinski definition) is 0. The fourth-order valence-electron chi connectivity index (χ4n) is 8.95. The summed E-state index contributed by atoms with van der Waals surface area (Å²) in [5, 5.41) is 10.2. The molecule has 0 amide bonds. The van der Waals surface area contributed by atoms with Crippen molar-refractivity contribution in [3.63, 3.8) is 0 Å². The number of anilines is 3. The lowest BCUT2D eigenvalue weighted by Crippen LogP contribution is -2.10. The van der Waals surface area contributed by atoms with Crippen LogP contribution in [0.15, 0.2) is 237 Å². The molecule has 276 valence electrons. The van der Waals surface area contributed by atoms with E-state index in [9.17, 15) is 0 Å². The van der Waals surface area contributed by atoms with Crippen LogP contribution in [0.2, 0.25) is 0 Å². The molecule has 0 saturated heterocycles. The molecule has 11 rings (SSSR count). The molecule has 0 spiro atoms. The lowest BCUT2D eigenvalue weighted by molar-refractivity contribution is 1.28. The molecular weight excluding hydrogens is 711 g/mol. The smallest absolute Gasteiger partial charge is 0.0467 e. The zero-order valence-corrected chi connectivity index (χ0v) is 32.5. The van der Waals surface area contributed by atoms with Crippen molar-refractivity contribution < 1.29 is 0 Å². The summed E-state index contributed by atoms with van der Waals surface area (Å²) in [6.07, 6.45) is 0. The van der Waals surface area contributed by atoms with Crippen molar-refractivity contribution in [1.29, 1.82) is 0 Å². The minimum Gasteiger partial charge on any atom is -0.310 e. The predicted molar refractivity (Wildman–Crippen MR) is 253 cm³/mol. The Bertz CT molecular complexity index is 3300. The molecule has 0 atom stereocenters. The normalized spacial score (nSPS) is 11.4. The van der Waals surface area contributed by atoms with E-state index in [1.165, 1.54) is 87.6 Å². The first kappa shape index (κ1) is 34.5. The number of benzene rings is 11. The third kappa shape index (κ3) is 6.30. The Hall–Kier alpha value is -7.74. The Labute approximate surface area is 344 Å². The summed E-state index contributed by atoms with van der Waals surface area (Å²) in [5.74, 6) is 0. The predicted octanol–water partition coefficient (Wildman–Crippen LogP) is 16.4. The molecule has 0 aliphatic heterocycles. The fraction of sp³-hybridized carbons (Fsp3) is 0. The highest BCUT2D eigenvalue weighted by Gasteiger charge is 2.17. The molecule has 0 heterocycles. The van der Waals surface area contributed by atoms with E-state index < -0.39 is 0 Å². The lowest BCUT2D eigenvalue weighted by Gasteiger charge is -2.27. The molecule has 11 aromatic carbocycles. The van der Waals surface area contributed by atoms with Crippen LogP contribution in [0.5, 0.6) is 0 Å². The Morgan fingerprint density at radius 1 is 0.220 bits per heavy atom. The molecule has 0 fully saturated rings. The van der Waals surface area contributed by atoms with E-state index in [2.05, 4.69) is 241 Å². The Kier molecular flexibility index (Phi) is 8.56. The van der Waals surface area contributed by atoms with Gasteiger partial charge in [-0.05, 0) is 130 Å². The zero-order valence-electron chi connectivity index (χ0n) is 32.5. The first-order valence-electron chi connectivity index (χ1n) is 20.3. The summed E-state index contributed by atoms with van der Waals surface area (Å²) >= 11 is 0. The van der Waals surface area contributed by atoms with Gasteiger partial charge in [0.15, 0.2) is 0 Å². The van der Waals surface area contributed by atoms with Crippen LogP contribution in [0.3, 0.4) is 0 Å². The molecule has 0 N–H and O–H groups in total. The van der Waals surface area contributed by atoms with Crippen molar-refractivity contribution in [1.82, 2.24) is 0 Å². The second kappa shape index (κ2) is 14.6. The average molecular weight is 750 g/mol. The highest BCUT2D eigenvalue weighted by atomic mass is 15.1. The van der Waals surface area contributed by atoms with Crippen LogP contribution < -0.4 is 4.90 Å². The van der Waals surface area contributed by atoms with Gasteiger partial charge in [0.1, 0.15) is 0 Å². The van der Waals surface area contributed by atoms with Gasteiger partial charge in [-0.3, -0.25) is 0 Å². The number of hydrogen-bond acceptors (Lipinski definition) is 1. The standard InChI is InChI=1S/C58H39N/c1-2-13-40(14-3-1)41-33-35-49(36-34-41)59(51-21-11-19-47(38-51)53-26-12-17-43-15-4-6-22-52(43)53)50-20-10-18-46(37-50)42-27-29-45(30-28-42)57-39-48-32-31-44-16-5-7-23-54(44)58(48)56-25-9-8-24-55(56)57/h1-39H. The van der Waals surface area contributed by atoms with Crippen molar-refractivity contribution in [2.24, 2.45) is 0 Å². The molecule has 0 unspecified atom stereocenters. The van der Waals surface area contributed by atoms with E-state index in [1.807, 2.05) is 0 Å². The molecule has 0 bridgehead atoms. The van der Waals surface area contributed by atoms with Gasteiger partial charge >= 0.3 is 0 Å². The molecule has 1 nitrogen and oxygen atoms in total. The van der Waals surface area contributed by atoms with E-state index in [-0.39, 0.29) is 0 Å². The molecule has 0 aliphatic rings. The fourth-order valence-corrected chi connectivity index (χ4v) is 8.95. The van der Waals surface area contributed by atoms with Crippen LogP contribution in [0.4, 0.5) is 17.1 Å². The van der Waals surface area contributed by atoms with Crippen molar-refractivity contribution in [2.75, 3.05) is 4.90 Å². The molecule has 0 aromatic heterocycles. The minimum absolute atomic E-state index is 1.10. The summed E-state index contributed by atoms with van der Waals surface area (Å²) in [5.41, 5.74) is 12.9. The van der Waals surface area contributed by atoms with Gasteiger partial charge in [0.2, 0.25) is 0 Å². The van der Waals surface area contributed by atoms with E-state index >= 15 is 0 Å². The van der Waals surface area contributed by atoms with Gasteiger partial charge < -0.3 is 4.90 Å². The topological polar surface area (TPSA) is 3.24 Å². The maximum absolute atomic E-state index is 2.38. The lowest BCUT2D eigenvalue weighted by atomic mass is 9.90. The van der Waals surface area contributed by atoms with Gasteiger partial charge in [0, 0.05) is 17.1 Å². The van der Waals surface area contributed by atoms with Gasteiger partial charge in [0.25, 0.3) is 0 Å². The first-order valence-corrected chi connectivity index (χ1v) is 20.3. The van der Waals surface area contributed by atoms with Crippen molar-refractivity contribution in [3.05, 3.63) is 237 Å². The van der Waals surface area contributed by atoms with Gasteiger partial charge in [-0.1, -0.05) is 194 Å². The monoisotopic (exact) mass is 749 g/mol. The molecule has 0 aliphatic carbocycles.